The third-order valence-corrected chi connectivity index (χ3v) is 6.76. The normalized spacial score (nSPS) is 26.4. The van der Waals surface area contributed by atoms with E-state index < -0.39 is 0 Å². The maximum absolute atomic E-state index is 12.8. The van der Waals surface area contributed by atoms with E-state index in [0.717, 1.165) is 50.5 Å². The largest absolute Gasteiger partial charge is 0.367 e. The number of piperidine rings is 1. The van der Waals surface area contributed by atoms with Crippen molar-refractivity contribution in [2.24, 2.45) is 5.92 Å². The summed E-state index contributed by atoms with van der Waals surface area (Å²) < 4.78 is 6.53. The molecule has 0 unspecified atom stereocenters. The summed E-state index contributed by atoms with van der Waals surface area (Å²) in [5.41, 5.74) is 2.09. The van der Waals surface area contributed by atoms with E-state index in [0.29, 0.717) is 12.1 Å². The van der Waals surface area contributed by atoms with Crippen LogP contribution in [0.25, 0.3) is 0 Å². The molecule has 1 saturated carbocycles. The molecular formula is C25H30N2O2. The highest BCUT2D eigenvalue weighted by molar-refractivity contribution is 5.94. The predicted octanol–water partition coefficient (Wildman–Crippen LogP) is 4.14. The molecule has 0 aromatic heterocycles. The fraction of sp³-hybridized carbons (Fsp3) is 0.480. The minimum Gasteiger partial charge on any atom is -0.367 e. The first-order chi connectivity index (χ1) is 14.3. The van der Waals surface area contributed by atoms with Crippen molar-refractivity contribution in [1.29, 1.82) is 0 Å². The Kier molecular flexibility index (Phi) is 5.38. The van der Waals surface area contributed by atoms with Gasteiger partial charge in [0.25, 0.3) is 5.91 Å². The van der Waals surface area contributed by atoms with Gasteiger partial charge in [0.2, 0.25) is 0 Å². The minimum absolute atomic E-state index is 0.166. The first kappa shape index (κ1) is 18.8. The molecule has 5 rings (SSSR count). The maximum Gasteiger partial charge on any atom is 0.253 e. The van der Waals surface area contributed by atoms with Crippen LogP contribution in [0.3, 0.4) is 0 Å². The molecule has 2 atom stereocenters. The number of rotatable bonds is 4. The van der Waals surface area contributed by atoms with Crippen LogP contribution >= 0.6 is 0 Å². The highest BCUT2D eigenvalue weighted by Crippen LogP contribution is 2.40. The number of carbonyl (C=O) groups is 1. The van der Waals surface area contributed by atoms with E-state index in [-0.39, 0.29) is 12.0 Å². The number of hydrogen-bond donors (Lipinski definition) is 0. The molecule has 1 amide bonds. The molecular weight excluding hydrogens is 360 g/mol. The van der Waals surface area contributed by atoms with Gasteiger partial charge in [-0.25, -0.2) is 0 Å². The van der Waals surface area contributed by atoms with Crippen molar-refractivity contribution < 1.29 is 9.53 Å². The zero-order valence-corrected chi connectivity index (χ0v) is 17.0. The molecule has 0 spiro atoms. The average Bonchev–Trinajstić information content (AvgIpc) is 3.65. The number of likely N-dealkylation sites (tertiary alicyclic amines) is 1. The lowest BCUT2D eigenvalue weighted by molar-refractivity contribution is -0.111. The van der Waals surface area contributed by atoms with Gasteiger partial charge in [-0.2, -0.15) is 0 Å². The lowest BCUT2D eigenvalue weighted by atomic mass is 9.98. The van der Waals surface area contributed by atoms with Gasteiger partial charge in [0.05, 0.1) is 12.2 Å². The van der Waals surface area contributed by atoms with Gasteiger partial charge < -0.3 is 9.64 Å². The van der Waals surface area contributed by atoms with Crippen molar-refractivity contribution in [3.8, 4) is 0 Å². The van der Waals surface area contributed by atoms with Crippen LogP contribution in [0.5, 0.6) is 0 Å². The lowest BCUT2D eigenvalue weighted by Crippen LogP contribution is -2.53. The molecule has 0 bridgehead atoms. The highest BCUT2D eigenvalue weighted by atomic mass is 16.5. The van der Waals surface area contributed by atoms with Gasteiger partial charge in [0.1, 0.15) is 0 Å². The second-order valence-electron chi connectivity index (χ2n) is 8.75. The summed E-state index contributed by atoms with van der Waals surface area (Å²) in [5.74, 6) is 0.910. The number of ether oxygens (including phenoxy) is 1. The summed E-state index contributed by atoms with van der Waals surface area (Å²) in [7, 11) is 0. The first-order valence-corrected chi connectivity index (χ1v) is 11.1. The molecule has 2 saturated heterocycles. The summed E-state index contributed by atoms with van der Waals surface area (Å²) in [6, 6.07) is 20.9. The monoisotopic (exact) mass is 390 g/mol. The molecule has 2 aromatic rings. The molecule has 1 aliphatic carbocycles. The quantitative estimate of drug-likeness (QED) is 0.786. The lowest BCUT2D eigenvalue weighted by Gasteiger charge is -2.45. The van der Waals surface area contributed by atoms with Crippen LogP contribution in [-0.4, -0.2) is 54.0 Å². The van der Waals surface area contributed by atoms with Crippen molar-refractivity contribution in [3.05, 3.63) is 71.8 Å². The minimum atomic E-state index is 0.166. The third-order valence-electron chi connectivity index (χ3n) is 6.76. The first-order valence-electron chi connectivity index (χ1n) is 11.1. The van der Waals surface area contributed by atoms with Gasteiger partial charge in [-0.15, -0.1) is 0 Å². The second kappa shape index (κ2) is 8.29. The Morgan fingerprint density at radius 3 is 2.14 bits per heavy atom. The third kappa shape index (κ3) is 4.24. The number of benzene rings is 2. The van der Waals surface area contributed by atoms with Crippen molar-refractivity contribution >= 4 is 5.91 Å². The molecule has 152 valence electrons. The van der Waals surface area contributed by atoms with Crippen LogP contribution in [0.2, 0.25) is 0 Å². The van der Waals surface area contributed by atoms with E-state index >= 15 is 0 Å². The van der Waals surface area contributed by atoms with Gasteiger partial charge in [-0.05, 0) is 49.3 Å². The van der Waals surface area contributed by atoms with E-state index in [2.05, 4.69) is 35.2 Å². The molecule has 2 aromatic carbocycles. The maximum atomic E-state index is 12.8. The van der Waals surface area contributed by atoms with Crippen LogP contribution < -0.4 is 0 Å². The Morgan fingerprint density at radius 1 is 0.828 bits per heavy atom. The summed E-state index contributed by atoms with van der Waals surface area (Å²) >= 11 is 0. The number of morpholine rings is 1. The highest BCUT2D eigenvalue weighted by Gasteiger charge is 2.41. The number of amides is 1. The number of nitrogens with zero attached hydrogens (tertiary/aromatic N) is 2. The molecule has 29 heavy (non-hydrogen) atoms. The molecule has 0 N–H and O–H groups in total. The predicted molar refractivity (Wildman–Crippen MR) is 114 cm³/mol. The molecule has 3 fully saturated rings. The van der Waals surface area contributed by atoms with Crippen molar-refractivity contribution in [3.63, 3.8) is 0 Å². The summed E-state index contributed by atoms with van der Waals surface area (Å²) in [6.45, 7) is 3.70. The SMILES string of the molecule is O=C(c1ccccc1)N1CCC(N2C[C@@H](c3ccccc3)O[C@@H](C3CC3)C2)CC1. The van der Waals surface area contributed by atoms with Crippen LogP contribution in [-0.2, 0) is 4.74 Å². The van der Waals surface area contributed by atoms with E-state index in [1.165, 1.54) is 18.4 Å². The number of hydrogen-bond acceptors (Lipinski definition) is 3. The van der Waals surface area contributed by atoms with E-state index in [1.807, 2.05) is 35.2 Å². The Balaban J connectivity index is 1.24. The van der Waals surface area contributed by atoms with E-state index in [9.17, 15) is 4.79 Å². The van der Waals surface area contributed by atoms with Crippen LogP contribution in [0, 0.1) is 5.92 Å². The molecule has 2 aliphatic heterocycles. The standard InChI is InChI=1S/C25H30N2O2/c28-25(21-9-5-2-6-10-21)26-15-13-22(14-16-26)27-17-23(19-7-3-1-4-8-19)29-24(18-27)20-11-12-20/h1-10,20,22-24H,11-18H2/t23-,24+/m0/s1. The number of carbonyl (C=O) groups excluding carboxylic acids is 1. The summed E-state index contributed by atoms with van der Waals surface area (Å²) in [6.07, 6.45) is 5.25. The average molecular weight is 391 g/mol. The van der Waals surface area contributed by atoms with Gasteiger partial charge in [-0.1, -0.05) is 48.5 Å². The van der Waals surface area contributed by atoms with E-state index in [1.54, 1.807) is 0 Å². The molecule has 4 heteroatoms. The molecule has 0 radical (unpaired) electrons. The van der Waals surface area contributed by atoms with Gasteiger partial charge >= 0.3 is 0 Å². The van der Waals surface area contributed by atoms with Crippen LogP contribution in [0.1, 0.15) is 47.7 Å². The Morgan fingerprint density at radius 2 is 1.48 bits per heavy atom. The van der Waals surface area contributed by atoms with Crippen LogP contribution in [0.15, 0.2) is 60.7 Å². The van der Waals surface area contributed by atoms with Gasteiger partial charge in [-0.3, -0.25) is 9.69 Å². The molecule has 3 aliphatic rings. The van der Waals surface area contributed by atoms with E-state index in [4.69, 9.17) is 4.74 Å². The Bertz CT molecular complexity index is 813. The van der Waals surface area contributed by atoms with Gasteiger partial charge in [0, 0.05) is 37.8 Å². The summed E-state index contributed by atoms with van der Waals surface area (Å²) in [4.78, 5) is 17.5. The molecule has 2 heterocycles. The zero-order chi connectivity index (χ0) is 19.6. The topological polar surface area (TPSA) is 32.8 Å². The Hall–Kier alpha value is -2.17. The summed E-state index contributed by atoms with van der Waals surface area (Å²) in [5, 5.41) is 0. The smallest absolute Gasteiger partial charge is 0.253 e. The zero-order valence-electron chi connectivity index (χ0n) is 17.0. The second-order valence-corrected chi connectivity index (χ2v) is 8.75. The van der Waals surface area contributed by atoms with Crippen molar-refractivity contribution in [2.45, 2.75) is 43.9 Å². The van der Waals surface area contributed by atoms with Crippen LogP contribution in [0.4, 0.5) is 0 Å². The van der Waals surface area contributed by atoms with Crippen molar-refractivity contribution in [2.75, 3.05) is 26.2 Å². The Labute approximate surface area is 173 Å². The fourth-order valence-corrected chi connectivity index (χ4v) is 4.89. The van der Waals surface area contributed by atoms with Crippen molar-refractivity contribution in [1.82, 2.24) is 9.80 Å². The van der Waals surface area contributed by atoms with Gasteiger partial charge in [0.15, 0.2) is 0 Å². The molecule has 4 nitrogen and oxygen atoms in total. The fourth-order valence-electron chi connectivity index (χ4n) is 4.89.